The van der Waals surface area contributed by atoms with E-state index in [9.17, 15) is 23.2 Å². The monoisotopic (exact) mass is 471 g/mol. The molecule has 3 rings (SSSR count). The van der Waals surface area contributed by atoms with E-state index in [4.69, 9.17) is 10.5 Å². The van der Waals surface area contributed by atoms with Gasteiger partial charge in [-0.2, -0.15) is 8.78 Å². The fourth-order valence-electron chi connectivity index (χ4n) is 3.46. The smallest absolute Gasteiger partial charge is 0.387 e. The summed E-state index contributed by atoms with van der Waals surface area (Å²) in [5.74, 6) is -1.01. The van der Waals surface area contributed by atoms with Crippen molar-refractivity contribution >= 4 is 17.8 Å². The lowest BCUT2D eigenvalue weighted by Crippen LogP contribution is -2.28. The van der Waals surface area contributed by atoms with Gasteiger partial charge in [-0.05, 0) is 61.9 Å². The number of hydrogen-bond donors (Lipinski definition) is 2. The second-order valence-corrected chi connectivity index (χ2v) is 7.41. The minimum absolute atomic E-state index is 0.0292. The Hall–Kier alpha value is -4.21. The van der Waals surface area contributed by atoms with Gasteiger partial charge in [-0.15, -0.1) is 0 Å². The first-order valence-electron chi connectivity index (χ1n) is 10.2. The summed E-state index contributed by atoms with van der Waals surface area (Å²) in [7, 11) is 0. The molecule has 34 heavy (non-hydrogen) atoms. The van der Waals surface area contributed by atoms with Gasteiger partial charge < -0.3 is 25.1 Å². The van der Waals surface area contributed by atoms with Crippen LogP contribution in [0.5, 0.6) is 5.75 Å². The van der Waals surface area contributed by atoms with E-state index in [0.717, 1.165) is 11.3 Å². The highest BCUT2D eigenvalue weighted by molar-refractivity contribution is 6.00. The average Bonchev–Trinajstić information content (AvgIpc) is 3.10. The number of nitrogens with two attached hydrogens (primary N) is 1. The molecule has 1 aromatic heterocycles. The van der Waals surface area contributed by atoms with Crippen molar-refractivity contribution in [2.75, 3.05) is 6.61 Å². The molecule has 0 bridgehead atoms. The average molecular weight is 471 g/mol. The van der Waals surface area contributed by atoms with E-state index in [1.54, 1.807) is 48.7 Å². The van der Waals surface area contributed by atoms with Gasteiger partial charge >= 0.3 is 18.6 Å². The second-order valence-electron chi connectivity index (χ2n) is 7.41. The first kappa shape index (κ1) is 24.4. The Bertz CT molecular complexity index is 1190. The highest BCUT2D eigenvalue weighted by Crippen LogP contribution is 2.24. The number of esters is 1. The van der Waals surface area contributed by atoms with Crippen LogP contribution in [0.4, 0.5) is 13.6 Å². The zero-order valence-corrected chi connectivity index (χ0v) is 18.5. The Morgan fingerprint density at radius 1 is 1.03 bits per heavy atom. The van der Waals surface area contributed by atoms with E-state index in [1.165, 1.54) is 24.3 Å². The molecule has 3 N–H and O–H groups in total. The topological polar surface area (TPSA) is 113 Å². The molecule has 0 aliphatic heterocycles. The first-order chi connectivity index (χ1) is 16.2. The Balaban J connectivity index is 1.65. The molecule has 2 aromatic carbocycles. The zero-order chi connectivity index (χ0) is 24.8. The molecule has 0 saturated heterocycles. The molecule has 0 spiro atoms. The summed E-state index contributed by atoms with van der Waals surface area (Å²) < 4.78 is 36.0. The molecule has 0 radical (unpaired) electrons. The largest absolute Gasteiger partial charge is 0.454 e. The van der Waals surface area contributed by atoms with Crippen molar-refractivity contribution in [1.29, 1.82) is 0 Å². The standard InChI is InChI=1S/C24H23F2N3O5/c1-14-11-20(15(2)29(14)18-7-9-19(10-8-18)34-23(25)26)21(30)13-33-22(31)17-5-3-16(4-6-17)12-28-24(27)32/h3-11,23H,12-13H2,1-2H3,(H3,27,28,32). The fourth-order valence-corrected chi connectivity index (χ4v) is 3.46. The van der Waals surface area contributed by atoms with E-state index >= 15 is 0 Å². The van der Waals surface area contributed by atoms with Gasteiger partial charge in [0.1, 0.15) is 5.75 Å². The number of nitrogens with one attached hydrogen (secondary N) is 1. The molecule has 8 nitrogen and oxygen atoms in total. The summed E-state index contributed by atoms with van der Waals surface area (Å²) in [6.07, 6.45) is 0. The van der Waals surface area contributed by atoms with Gasteiger partial charge in [0.15, 0.2) is 6.61 Å². The Morgan fingerprint density at radius 2 is 1.68 bits per heavy atom. The van der Waals surface area contributed by atoms with Gasteiger partial charge in [-0.3, -0.25) is 4.79 Å². The highest BCUT2D eigenvalue weighted by atomic mass is 19.3. The van der Waals surface area contributed by atoms with Crippen LogP contribution in [0.2, 0.25) is 0 Å². The molecule has 0 fully saturated rings. The number of carbonyl (C=O) groups is 3. The molecule has 1 heterocycles. The maximum Gasteiger partial charge on any atom is 0.387 e. The van der Waals surface area contributed by atoms with Gasteiger partial charge in [0.25, 0.3) is 0 Å². The maximum atomic E-state index is 12.7. The van der Waals surface area contributed by atoms with Crippen LogP contribution in [0, 0.1) is 13.8 Å². The van der Waals surface area contributed by atoms with Gasteiger partial charge in [0, 0.05) is 29.2 Å². The molecule has 3 aromatic rings. The number of halogens is 2. The molecular formula is C24H23F2N3O5. The van der Waals surface area contributed by atoms with Crippen LogP contribution >= 0.6 is 0 Å². The number of primary amides is 1. The minimum Gasteiger partial charge on any atom is -0.454 e. The van der Waals surface area contributed by atoms with Gasteiger partial charge in [0.05, 0.1) is 5.56 Å². The van der Waals surface area contributed by atoms with Crippen molar-refractivity contribution in [3.8, 4) is 11.4 Å². The number of nitrogens with zero attached hydrogens (tertiary/aromatic N) is 1. The normalized spacial score (nSPS) is 10.7. The molecule has 178 valence electrons. The molecule has 0 aliphatic rings. The summed E-state index contributed by atoms with van der Waals surface area (Å²) in [6.45, 7) is 0.402. The van der Waals surface area contributed by atoms with Gasteiger partial charge in [-0.1, -0.05) is 12.1 Å². The van der Waals surface area contributed by atoms with Crippen LogP contribution in [0.1, 0.15) is 37.7 Å². The summed E-state index contributed by atoms with van der Waals surface area (Å²) in [5.41, 5.74) is 8.43. The van der Waals surface area contributed by atoms with E-state index in [0.29, 0.717) is 16.9 Å². The molecule has 0 saturated carbocycles. The Labute approximate surface area is 194 Å². The number of aromatic nitrogens is 1. The van der Waals surface area contributed by atoms with Crippen molar-refractivity contribution in [3.63, 3.8) is 0 Å². The minimum atomic E-state index is -2.91. The van der Waals surface area contributed by atoms with Crippen molar-refractivity contribution in [3.05, 3.63) is 82.7 Å². The van der Waals surface area contributed by atoms with Crippen molar-refractivity contribution in [2.45, 2.75) is 27.0 Å². The fraction of sp³-hybridized carbons (Fsp3) is 0.208. The highest BCUT2D eigenvalue weighted by Gasteiger charge is 2.19. The number of hydrogen-bond acceptors (Lipinski definition) is 5. The molecule has 0 atom stereocenters. The van der Waals surface area contributed by atoms with E-state index in [2.05, 4.69) is 10.1 Å². The summed E-state index contributed by atoms with van der Waals surface area (Å²) >= 11 is 0. The van der Waals surface area contributed by atoms with Crippen LogP contribution in [0.15, 0.2) is 54.6 Å². The maximum absolute atomic E-state index is 12.7. The third kappa shape index (κ3) is 5.97. The molecular weight excluding hydrogens is 448 g/mol. The first-order valence-corrected chi connectivity index (χ1v) is 10.2. The number of Topliss-reactive ketones (excluding diaryl/α,β-unsaturated/α-hetero) is 1. The number of urea groups is 1. The molecule has 2 amide bonds. The number of amides is 2. The van der Waals surface area contributed by atoms with E-state index in [-0.39, 0.29) is 23.6 Å². The number of alkyl halides is 2. The van der Waals surface area contributed by atoms with Crippen LogP contribution in [-0.4, -0.2) is 35.6 Å². The van der Waals surface area contributed by atoms with Crippen molar-refractivity contribution in [1.82, 2.24) is 9.88 Å². The predicted octanol–water partition coefficient (Wildman–Crippen LogP) is 3.90. The number of rotatable bonds is 9. The predicted molar refractivity (Wildman–Crippen MR) is 119 cm³/mol. The van der Waals surface area contributed by atoms with Gasteiger partial charge in [0.2, 0.25) is 5.78 Å². The van der Waals surface area contributed by atoms with Crippen molar-refractivity contribution in [2.24, 2.45) is 5.73 Å². The molecule has 10 heteroatoms. The van der Waals surface area contributed by atoms with Crippen molar-refractivity contribution < 1.29 is 32.6 Å². The number of carbonyl (C=O) groups excluding carboxylic acids is 3. The number of aryl methyl sites for hydroxylation is 1. The van der Waals surface area contributed by atoms with E-state index < -0.39 is 25.2 Å². The lowest BCUT2D eigenvalue weighted by molar-refractivity contribution is -0.0498. The lowest BCUT2D eigenvalue weighted by atomic mass is 10.1. The Kier molecular flexibility index (Phi) is 7.62. The van der Waals surface area contributed by atoms with Crippen LogP contribution in [0.25, 0.3) is 5.69 Å². The number of ether oxygens (including phenoxy) is 2. The summed E-state index contributed by atoms with van der Waals surface area (Å²) in [5, 5.41) is 2.44. The third-order valence-electron chi connectivity index (χ3n) is 5.04. The van der Waals surface area contributed by atoms with Gasteiger partial charge in [-0.25, -0.2) is 9.59 Å². The molecule has 0 unspecified atom stereocenters. The summed E-state index contributed by atoms with van der Waals surface area (Å²) in [4.78, 5) is 35.8. The summed E-state index contributed by atoms with van der Waals surface area (Å²) in [6, 6.07) is 13.4. The lowest BCUT2D eigenvalue weighted by Gasteiger charge is -2.11. The van der Waals surface area contributed by atoms with E-state index in [1.807, 2.05) is 0 Å². The SMILES string of the molecule is Cc1cc(C(=O)COC(=O)c2ccc(CNC(N)=O)cc2)c(C)n1-c1ccc(OC(F)F)cc1. The third-order valence-corrected chi connectivity index (χ3v) is 5.04. The number of ketones is 1. The Morgan fingerprint density at radius 3 is 2.26 bits per heavy atom. The van der Waals surface area contributed by atoms with Crippen LogP contribution in [-0.2, 0) is 11.3 Å². The number of benzene rings is 2. The van der Waals surface area contributed by atoms with Crippen LogP contribution < -0.4 is 15.8 Å². The zero-order valence-electron chi connectivity index (χ0n) is 18.5. The molecule has 0 aliphatic carbocycles. The van der Waals surface area contributed by atoms with Crippen LogP contribution in [0.3, 0.4) is 0 Å². The second kappa shape index (κ2) is 10.6. The quantitative estimate of drug-likeness (QED) is 0.363.